The quantitative estimate of drug-likeness (QED) is 0.735. The van der Waals surface area contributed by atoms with Crippen LogP contribution in [0.25, 0.3) is 0 Å². The minimum Gasteiger partial charge on any atom is -0.452 e. The lowest BCUT2D eigenvalue weighted by atomic mass is 10.1. The molecule has 0 atom stereocenters. The molecule has 0 heterocycles. The number of anilines is 1. The predicted octanol–water partition coefficient (Wildman–Crippen LogP) is 2.71. The molecule has 0 aromatic heterocycles. The number of carbonyl (C=O) groups is 2. The number of benzene rings is 2. The molecule has 27 heavy (non-hydrogen) atoms. The molecular weight excluding hydrogens is 392 g/mol. The van der Waals surface area contributed by atoms with E-state index in [4.69, 9.17) is 21.5 Å². The van der Waals surface area contributed by atoms with Crippen LogP contribution in [0.3, 0.4) is 0 Å². The molecule has 7 nitrogen and oxygen atoms in total. The minimum atomic E-state index is -4.09. The first-order chi connectivity index (χ1) is 12.5. The molecule has 0 bridgehead atoms. The molecule has 0 saturated carbocycles. The lowest BCUT2D eigenvalue weighted by molar-refractivity contribution is -0.119. The maximum Gasteiger partial charge on any atom is 0.338 e. The van der Waals surface area contributed by atoms with Gasteiger partial charge in [0.25, 0.3) is 5.91 Å². The second-order valence-corrected chi connectivity index (χ2v) is 8.03. The maximum atomic E-state index is 12.1. The van der Waals surface area contributed by atoms with E-state index in [0.29, 0.717) is 5.69 Å². The summed E-state index contributed by atoms with van der Waals surface area (Å²) < 4.78 is 27.9. The Morgan fingerprint density at radius 3 is 2.26 bits per heavy atom. The van der Waals surface area contributed by atoms with Crippen molar-refractivity contribution in [2.45, 2.75) is 25.7 Å². The van der Waals surface area contributed by atoms with Crippen LogP contribution in [0.5, 0.6) is 0 Å². The van der Waals surface area contributed by atoms with Gasteiger partial charge >= 0.3 is 5.97 Å². The molecule has 0 aliphatic rings. The molecule has 0 unspecified atom stereocenters. The normalized spacial score (nSPS) is 11.1. The van der Waals surface area contributed by atoms with E-state index >= 15 is 0 Å². The van der Waals surface area contributed by atoms with Crippen molar-refractivity contribution in [3.63, 3.8) is 0 Å². The van der Waals surface area contributed by atoms with E-state index in [1.54, 1.807) is 0 Å². The fourth-order valence-electron chi connectivity index (χ4n) is 2.62. The third-order valence-electron chi connectivity index (χ3n) is 3.75. The van der Waals surface area contributed by atoms with Crippen LogP contribution < -0.4 is 10.5 Å². The van der Waals surface area contributed by atoms with Crippen molar-refractivity contribution >= 4 is 39.2 Å². The van der Waals surface area contributed by atoms with Crippen LogP contribution in [-0.2, 0) is 19.6 Å². The lowest BCUT2D eigenvalue weighted by Crippen LogP contribution is -2.22. The Labute approximate surface area is 162 Å². The minimum absolute atomic E-state index is 0.0843. The predicted molar refractivity (Wildman–Crippen MR) is 102 cm³/mol. The van der Waals surface area contributed by atoms with E-state index in [-0.39, 0.29) is 10.6 Å². The summed E-state index contributed by atoms with van der Waals surface area (Å²) in [6.45, 7) is 5.16. The smallest absolute Gasteiger partial charge is 0.338 e. The first kappa shape index (κ1) is 20.9. The number of hydrogen-bond acceptors (Lipinski definition) is 5. The van der Waals surface area contributed by atoms with E-state index in [2.05, 4.69) is 5.32 Å². The zero-order valence-electron chi connectivity index (χ0n) is 15.0. The zero-order chi connectivity index (χ0) is 20.4. The molecule has 0 radical (unpaired) electrons. The summed E-state index contributed by atoms with van der Waals surface area (Å²) in [5, 5.41) is 7.64. The average Bonchev–Trinajstić information content (AvgIpc) is 2.55. The van der Waals surface area contributed by atoms with E-state index in [9.17, 15) is 18.0 Å². The number of amides is 1. The SMILES string of the molecule is Cc1cc(C)c(NC(=O)COC(=O)c2ccc(Cl)c(S(N)(=O)=O)c2)c(C)c1. The highest BCUT2D eigenvalue weighted by atomic mass is 35.5. The highest BCUT2D eigenvalue weighted by Crippen LogP contribution is 2.23. The number of sulfonamides is 1. The van der Waals surface area contributed by atoms with Crippen molar-refractivity contribution in [2.24, 2.45) is 5.14 Å². The van der Waals surface area contributed by atoms with E-state index < -0.39 is 33.4 Å². The summed E-state index contributed by atoms with van der Waals surface area (Å²) >= 11 is 5.77. The van der Waals surface area contributed by atoms with Gasteiger partial charge in [-0.1, -0.05) is 29.3 Å². The van der Waals surface area contributed by atoms with Gasteiger partial charge < -0.3 is 10.1 Å². The summed E-state index contributed by atoms with van der Waals surface area (Å²) in [5.74, 6) is -1.39. The molecule has 0 aliphatic carbocycles. The molecule has 0 aliphatic heterocycles. The summed E-state index contributed by atoms with van der Waals surface area (Å²) in [7, 11) is -4.09. The standard InChI is InChI=1S/C18H19ClN2O5S/c1-10-6-11(2)17(12(3)7-10)21-16(22)9-26-18(23)13-4-5-14(19)15(8-13)27(20,24)25/h4-8H,9H2,1-3H3,(H,21,22)(H2,20,24,25). The maximum absolute atomic E-state index is 12.1. The largest absolute Gasteiger partial charge is 0.452 e. The Kier molecular flexibility index (Phi) is 6.25. The van der Waals surface area contributed by atoms with Gasteiger partial charge in [0, 0.05) is 5.69 Å². The fourth-order valence-corrected chi connectivity index (χ4v) is 3.69. The Hall–Kier alpha value is -2.42. The zero-order valence-corrected chi connectivity index (χ0v) is 16.6. The van der Waals surface area contributed by atoms with Gasteiger partial charge in [-0.15, -0.1) is 0 Å². The monoisotopic (exact) mass is 410 g/mol. The second kappa shape index (κ2) is 8.08. The number of halogens is 1. The van der Waals surface area contributed by atoms with E-state index in [0.717, 1.165) is 22.8 Å². The number of esters is 1. The number of nitrogens with two attached hydrogens (primary N) is 1. The molecule has 9 heteroatoms. The molecule has 2 rings (SSSR count). The third kappa shape index (κ3) is 5.29. The van der Waals surface area contributed by atoms with Crippen molar-refractivity contribution in [1.29, 1.82) is 0 Å². The number of primary sulfonamides is 1. The van der Waals surface area contributed by atoms with Crippen LogP contribution in [-0.4, -0.2) is 26.9 Å². The van der Waals surface area contributed by atoms with Gasteiger partial charge in [-0.05, 0) is 50.1 Å². The molecule has 0 fully saturated rings. The second-order valence-electron chi connectivity index (χ2n) is 6.09. The number of hydrogen-bond donors (Lipinski definition) is 2. The van der Waals surface area contributed by atoms with Crippen LogP contribution in [0, 0.1) is 20.8 Å². The Morgan fingerprint density at radius 1 is 1.11 bits per heavy atom. The van der Waals surface area contributed by atoms with Crippen molar-refractivity contribution < 1.29 is 22.7 Å². The molecule has 3 N–H and O–H groups in total. The van der Waals surface area contributed by atoms with Gasteiger partial charge in [0.2, 0.25) is 10.0 Å². The van der Waals surface area contributed by atoms with E-state index in [1.165, 1.54) is 12.1 Å². The Morgan fingerprint density at radius 2 is 1.70 bits per heavy atom. The lowest BCUT2D eigenvalue weighted by Gasteiger charge is -2.13. The topological polar surface area (TPSA) is 116 Å². The fraction of sp³-hybridized carbons (Fsp3) is 0.222. The van der Waals surface area contributed by atoms with Crippen molar-refractivity contribution in [3.05, 3.63) is 57.6 Å². The molecule has 144 valence electrons. The average molecular weight is 411 g/mol. The van der Waals surface area contributed by atoms with Crippen LogP contribution in [0.1, 0.15) is 27.0 Å². The summed E-state index contributed by atoms with van der Waals surface area (Å²) in [5.41, 5.74) is 3.43. The number of ether oxygens (including phenoxy) is 1. The highest BCUT2D eigenvalue weighted by molar-refractivity contribution is 7.89. The van der Waals surface area contributed by atoms with Crippen molar-refractivity contribution in [3.8, 4) is 0 Å². The molecule has 2 aromatic carbocycles. The van der Waals surface area contributed by atoms with Crippen molar-refractivity contribution in [1.82, 2.24) is 0 Å². The van der Waals surface area contributed by atoms with Crippen LogP contribution >= 0.6 is 11.6 Å². The molecule has 2 aromatic rings. The molecule has 0 spiro atoms. The van der Waals surface area contributed by atoms with Crippen LogP contribution in [0.4, 0.5) is 5.69 Å². The summed E-state index contributed by atoms with van der Waals surface area (Å²) in [6, 6.07) is 7.36. The molecule has 0 saturated heterocycles. The first-order valence-electron chi connectivity index (χ1n) is 7.86. The summed E-state index contributed by atoms with van der Waals surface area (Å²) in [6.07, 6.45) is 0. The number of nitrogens with one attached hydrogen (secondary N) is 1. The first-order valence-corrected chi connectivity index (χ1v) is 9.78. The van der Waals surface area contributed by atoms with Gasteiger partial charge in [-0.3, -0.25) is 4.79 Å². The highest BCUT2D eigenvalue weighted by Gasteiger charge is 2.18. The molecule has 1 amide bonds. The molecular formula is C18H19ClN2O5S. The van der Waals surface area contributed by atoms with Crippen LogP contribution in [0.15, 0.2) is 35.2 Å². The Balaban J connectivity index is 2.07. The number of rotatable bonds is 5. The van der Waals surface area contributed by atoms with Gasteiger partial charge in [0.1, 0.15) is 4.90 Å². The van der Waals surface area contributed by atoms with Gasteiger partial charge in [0.15, 0.2) is 6.61 Å². The Bertz CT molecular complexity index is 995. The van der Waals surface area contributed by atoms with Crippen molar-refractivity contribution in [2.75, 3.05) is 11.9 Å². The summed E-state index contributed by atoms with van der Waals surface area (Å²) in [4.78, 5) is 23.8. The van der Waals surface area contributed by atoms with Gasteiger partial charge in [0.05, 0.1) is 10.6 Å². The van der Waals surface area contributed by atoms with Gasteiger partial charge in [-0.25, -0.2) is 18.4 Å². The number of aryl methyl sites for hydroxylation is 3. The van der Waals surface area contributed by atoms with E-state index in [1.807, 2.05) is 32.9 Å². The van der Waals surface area contributed by atoms with Gasteiger partial charge in [-0.2, -0.15) is 0 Å². The number of carbonyl (C=O) groups excluding carboxylic acids is 2. The van der Waals surface area contributed by atoms with Crippen LogP contribution in [0.2, 0.25) is 5.02 Å². The third-order valence-corrected chi connectivity index (χ3v) is 5.14.